The highest BCUT2D eigenvalue weighted by Gasteiger charge is 2.22. The van der Waals surface area contributed by atoms with E-state index in [1.807, 2.05) is 20.8 Å². The first-order valence-electron chi connectivity index (χ1n) is 5.77. The third-order valence-electron chi connectivity index (χ3n) is 2.42. The molecule has 0 radical (unpaired) electrons. The summed E-state index contributed by atoms with van der Waals surface area (Å²) in [5, 5.41) is 1.27. The molecular weight excluding hydrogens is 232 g/mol. The first-order valence-corrected chi connectivity index (χ1v) is 5.77. The van der Waals surface area contributed by atoms with Gasteiger partial charge in [-0.1, -0.05) is 20.8 Å². The van der Waals surface area contributed by atoms with Crippen molar-refractivity contribution in [2.24, 2.45) is 12.5 Å². The SMILES string of the molecule is CON(CC(C)(C)C)C(=O)c1ccn(C)c(=O)c1. The zero-order valence-electron chi connectivity index (χ0n) is 11.6. The van der Waals surface area contributed by atoms with Gasteiger partial charge in [0.15, 0.2) is 0 Å². The van der Waals surface area contributed by atoms with Crippen molar-refractivity contribution in [2.75, 3.05) is 13.7 Å². The van der Waals surface area contributed by atoms with Gasteiger partial charge in [-0.05, 0) is 11.5 Å². The molecular formula is C13H20N2O3. The van der Waals surface area contributed by atoms with Crippen LogP contribution in [0.3, 0.4) is 0 Å². The fourth-order valence-corrected chi connectivity index (χ4v) is 1.48. The lowest BCUT2D eigenvalue weighted by atomic mass is 9.96. The third kappa shape index (κ3) is 3.70. The monoisotopic (exact) mass is 252 g/mol. The van der Waals surface area contributed by atoms with E-state index in [2.05, 4.69) is 0 Å². The molecule has 18 heavy (non-hydrogen) atoms. The number of rotatable bonds is 3. The number of nitrogens with zero attached hydrogens (tertiary/aromatic N) is 2. The molecule has 0 saturated carbocycles. The van der Waals surface area contributed by atoms with Crippen LogP contribution in [0.4, 0.5) is 0 Å². The fraction of sp³-hybridized carbons (Fsp3) is 0.538. The van der Waals surface area contributed by atoms with Gasteiger partial charge >= 0.3 is 0 Å². The van der Waals surface area contributed by atoms with Crippen molar-refractivity contribution in [2.45, 2.75) is 20.8 Å². The van der Waals surface area contributed by atoms with Crippen LogP contribution < -0.4 is 5.56 Å². The highest BCUT2D eigenvalue weighted by molar-refractivity contribution is 5.93. The van der Waals surface area contributed by atoms with Gasteiger partial charge < -0.3 is 4.57 Å². The van der Waals surface area contributed by atoms with E-state index in [0.717, 1.165) is 0 Å². The van der Waals surface area contributed by atoms with Crippen LogP contribution in [0, 0.1) is 5.41 Å². The molecule has 1 aromatic heterocycles. The molecule has 1 amide bonds. The number of hydrogen-bond acceptors (Lipinski definition) is 3. The van der Waals surface area contributed by atoms with E-state index in [1.165, 1.54) is 22.8 Å². The van der Waals surface area contributed by atoms with Crippen molar-refractivity contribution in [1.29, 1.82) is 0 Å². The minimum Gasteiger partial charge on any atom is -0.319 e. The van der Waals surface area contributed by atoms with Crippen molar-refractivity contribution in [3.05, 3.63) is 34.2 Å². The Hall–Kier alpha value is -1.62. The molecule has 0 fully saturated rings. The Morgan fingerprint density at radius 3 is 2.50 bits per heavy atom. The van der Waals surface area contributed by atoms with E-state index in [1.54, 1.807) is 19.3 Å². The van der Waals surface area contributed by atoms with E-state index in [4.69, 9.17) is 4.84 Å². The van der Waals surface area contributed by atoms with E-state index < -0.39 is 0 Å². The van der Waals surface area contributed by atoms with Gasteiger partial charge in [0, 0.05) is 24.9 Å². The van der Waals surface area contributed by atoms with Crippen LogP contribution in [-0.4, -0.2) is 29.2 Å². The van der Waals surface area contributed by atoms with Gasteiger partial charge in [0.1, 0.15) is 0 Å². The number of hydroxylamine groups is 2. The summed E-state index contributed by atoms with van der Waals surface area (Å²) in [6.45, 7) is 6.49. The molecule has 0 aliphatic heterocycles. The van der Waals surface area contributed by atoms with Gasteiger partial charge in [0.05, 0.1) is 13.7 Å². The van der Waals surface area contributed by atoms with Gasteiger partial charge in [0.25, 0.3) is 11.5 Å². The second-order valence-electron chi connectivity index (χ2n) is 5.45. The summed E-state index contributed by atoms with van der Waals surface area (Å²) in [5.41, 5.74) is 0.0441. The Bertz CT molecular complexity index is 486. The van der Waals surface area contributed by atoms with Gasteiger partial charge in [-0.25, -0.2) is 5.06 Å². The highest BCUT2D eigenvalue weighted by Crippen LogP contribution is 2.16. The Morgan fingerprint density at radius 1 is 1.44 bits per heavy atom. The van der Waals surface area contributed by atoms with Crippen LogP contribution in [0.25, 0.3) is 0 Å². The Kier molecular flexibility index (Phi) is 4.29. The Labute approximate surface area is 107 Å². The quantitative estimate of drug-likeness (QED) is 0.765. The molecule has 0 aliphatic carbocycles. The fourth-order valence-electron chi connectivity index (χ4n) is 1.48. The first kappa shape index (κ1) is 14.4. The van der Waals surface area contributed by atoms with Crippen LogP contribution >= 0.6 is 0 Å². The van der Waals surface area contributed by atoms with Crippen LogP contribution in [0.15, 0.2) is 23.1 Å². The van der Waals surface area contributed by atoms with Gasteiger partial charge in [-0.15, -0.1) is 0 Å². The Morgan fingerprint density at radius 2 is 2.06 bits per heavy atom. The predicted octanol–water partition coefficient (Wildman–Crippen LogP) is 1.44. The minimum atomic E-state index is -0.301. The van der Waals surface area contributed by atoms with Crippen LogP contribution in [0.5, 0.6) is 0 Å². The summed E-state index contributed by atoms with van der Waals surface area (Å²) < 4.78 is 1.41. The largest absolute Gasteiger partial charge is 0.319 e. The highest BCUT2D eigenvalue weighted by atomic mass is 16.7. The number of carbonyl (C=O) groups excluding carboxylic acids is 1. The lowest BCUT2D eigenvalue weighted by Crippen LogP contribution is -2.37. The van der Waals surface area contributed by atoms with Crippen molar-refractivity contribution >= 4 is 5.91 Å². The molecule has 0 aliphatic rings. The summed E-state index contributed by atoms with van der Waals surface area (Å²) in [4.78, 5) is 28.7. The maximum absolute atomic E-state index is 12.2. The third-order valence-corrected chi connectivity index (χ3v) is 2.42. The summed E-state index contributed by atoms with van der Waals surface area (Å²) in [6, 6.07) is 2.93. The lowest BCUT2D eigenvalue weighted by Gasteiger charge is -2.27. The molecule has 0 bridgehead atoms. The molecule has 1 heterocycles. The molecule has 0 N–H and O–H groups in total. The van der Waals surface area contributed by atoms with E-state index >= 15 is 0 Å². The molecule has 0 unspecified atom stereocenters. The average Bonchev–Trinajstić information content (AvgIpc) is 2.27. The number of hydrogen-bond donors (Lipinski definition) is 0. The standard InChI is InChI=1S/C13H20N2O3/c1-13(2,3)9-15(18-5)12(17)10-6-7-14(4)11(16)8-10/h6-8H,9H2,1-5H3. The molecule has 0 spiro atoms. The second kappa shape index (κ2) is 5.35. The number of carbonyl (C=O) groups is 1. The maximum Gasteiger partial charge on any atom is 0.277 e. The van der Waals surface area contributed by atoms with E-state index in [0.29, 0.717) is 12.1 Å². The van der Waals surface area contributed by atoms with Crippen LogP contribution in [0.1, 0.15) is 31.1 Å². The molecule has 5 nitrogen and oxygen atoms in total. The minimum absolute atomic E-state index is 0.0780. The number of aromatic nitrogens is 1. The number of amides is 1. The van der Waals surface area contributed by atoms with Gasteiger partial charge in [-0.3, -0.25) is 14.4 Å². The summed E-state index contributed by atoms with van der Waals surface area (Å²) in [5.74, 6) is -0.301. The van der Waals surface area contributed by atoms with E-state index in [-0.39, 0.29) is 16.9 Å². The van der Waals surface area contributed by atoms with Gasteiger partial charge in [0.2, 0.25) is 0 Å². The van der Waals surface area contributed by atoms with Crippen molar-refractivity contribution in [3.63, 3.8) is 0 Å². The molecule has 100 valence electrons. The molecule has 1 aromatic rings. The number of aryl methyl sites for hydroxylation is 1. The normalized spacial score (nSPS) is 11.4. The molecule has 1 rings (SSSR count). The first-order chi connectivity index (χ1) is 8.24. The average molecular weight is 252 g/mol. The molecule has 0 atom stereocenters. The summed E-state index contributed by atoms with van der Waals surface area (Å²) >= 11 is 0. The van der Waals surface area contributed by atoms with Crippen LogP contribution in [-0.2, 0) is 11.9 Å². The van der Waals surface area contributed by atoms with E-state index in [9.17, 15) is 9.59 Å². The zero-order valence-corrected chi connectivity index (χ0v) is 11.6. The van der Waals surface area contributed by atoms with Gasteiger partial charge in [-0.2, -0.15) is 0 Å². The molecule has 0 aromatic carbocycles. The second-order valence-corrected chi connectivity index (χ2v) is 5.45. The lowest BCUT2D eigenvalue weighted by molar-refractivity contribution is -0.110. The zero-order chi connectivity index (χ0) is 13.9. The predicted molar refractivity (Wildman–Crippen MR) is 69.2 cm³/mol. The van der Waals surface area contributed by atoms with Crippen molar-refractivity contribution < 1.29 is 9.63 Å². The van der Waals surface area contributed by atoms with Crippen molar-refractivity contribution in [3.8, 4) is 0 Å². The molecule has 0 saturated heterocycles. The number of pyridine rings is 1. The Balaban J connectivity index is 2.97. The smallest absolute Gasteiger partial charge is 0.277 e. The molecule has 5 heteroatoms. The maximum atomic E-state index is 12.2. The summed E-state index contributed by atoms with van der Waals surface area (Å²) in [6.07, 6.45) is 1.57. The topological polar surface area (TPSA) is 51.5 Å². The van der Waals surface area contributed by atoms with Crippen LogP contribution in [0.2, 0.25) is 0 Å². The van der Waals surface area contributed by atoms with Crippen molar-refractivity contribution in [1.82, 2.24) is 9.63 Å². The summed E-state index contributed by atoms with van der Waals surface area (Å²) in [7, 11) is 3.09.